The Morgan fingerprint density at radius 1 is 1.11 bits per heavy atom. The third kappa shape index (κ3) is 4.14. The maximum atomic E-state index is 10.2. The summed E-state index contributed by atoms with van der Waals surface area (Å²) in [6.07, 6.45) is 1.45. The molecular weight excluding hydrogens is 228 g/mol. The molecule has 0 radical (unpaired) electrons. The third-order valence-electron chi connectivity index (χ3n) is 3.11. The Morgan fingerprint density at radius 3 is 2.17 bits per heavy atom. The molecule has 0 saturated heterocycles. The van der Waals surface area contributed by atoms with Crippen LogP contribution in [0.1, 0.15) is 39.4 Å². The summed E-state index contributed by atoms with van der Waals surface area (Å²) in [6.45, 7) is 9.18. The second-order valence-electron chi connectivity index (χ2n) is 4.50. The minimum atomic E-state index is -0.669. The number of aryl methyl sites for hydroxylation is 1. The van der Waals surface area contributed by atoms with Crippen molar-refractivity contribution in [3.63, 3.8) is 0 Å². The number of nitrogens with zero attached hydrogens (tertiary/aromatic N) is 2. The van der Waals surface area contributed by atoms with E-state index in [0.29, 0.717) is 12.4 Å². The lowest BCUT2D eigenvalue weighted by Gasteiger charge is -2.25. The largest absolute Gasteiger partial charge is 0.388 e. The van der Waals surface area contributed by atoms with Gasteiger partial charge in [-0.15, -0.1) is 0 Å². The normalized spacial score (nSPS) is 11.4. The molecule has 0 aliphatic heterocycles. The first kappa shape index (κ1) is 14.7. The number of nitrogens with one attached hydrogen (secondary N) is 2. The highest BCUT2D eigenvalue weighted by Gasteiger charge is 2.21. The van der Waals surface area contributed by atoms with Crippen LogP contribution in [0.15, 0.2) is 6.07 Å². The van der Waals surface area contributed by atoms with Gasteiger partial charge in [0, 0.05) is 19.2 Å². The van der Waals surface area contributed by atoms with Crippen LogP contribution in [0, 0.1) is 6.92 Å². The van der Waals surface area contributed by atoms with Crippen LogP contribution in [-0.2, 0) is 0 Å². The second kappa shape index (κ2) is 6.54. The summed E-state index contributed by atoms with van der Waals surface area (Å²) in [5, 5.41) is 16.6. The van der Waals surface area contributed by atoms with Crippen LogP contribution in [0.25, 0.3) is 0 Å². The van der Waals surface area contributed by atoms with Gasteiger partial charge in [0.2, 0.25) is 0 Å². The van der Waals surface area contributed by atoms with E-state index in [-0.39, 0.29) is 0 Å². The Bertz CT molecular complexity index is 377. The highest BCUT2D eigenvalue weighted by Crippen LogP contribution is 2.17. The predicted molar refractivity (Wildman–Crippen MR) is 75.0 cm³/mol. The molecule has 1 rings (SSSR count). The topological polar surface area (TPSA) is 70.1 Å². The molecule has 0 unspecified atom stereocenters. The van der Waals surface area contributed by atoms with E-state index in [4.69, 9.17) is 0 Å². The molecule has 0 aliphatic rings. The quantitative estimate of drug-likeness (QED) is 0.694. The van der Waals surface area contributed by atoms with Gasteiger partial charge in [0.15, 0.2) is 0 Å². The highest BCUT2D eigenvalue weighted by atomic mass is 16.3. The molecule has 3 N–H and O–H groups in total. The number of anilines is 2. The highest BCUT2D eigenvalue weighted by molar-refractivity contribution is 5.47. The van der Waals surface area contributed by atoms with Gasteiger partial charge in [-0.05, 0) is 26.7 Å². The lowest BCUT2D eigenvalue weighted by Crippen LogP contribution is -2.35. The standard InChI is InChI=1S/C13H24N4O/c1-5-13(18,6-2)9-15-12-8-11(14-7-3)16-10(4)17-12/h8,18H,5-7,9H2,1-4H3,(H2,14,15,16,17). The van der Waals surface area contributed by atoms with E-state index >= 15 is 0 Å². The first-order valence-corrected chi connectivity index (χ1v) is 6.58. The van der Waals surface area contributed by atoms with Crippen molar-refractivity contribution in [2.24, 2.45) is 0 Å². The molecular formula is C13H24N4O. The van der Waals surface area contributed by atoms with Gasteiger partial charge < -0.3 is 15.7 Å². The van der Waals surface area contributed by atoms with E-state index in [1.54, 1.807) is 0 Å². The van der Waals surface area contributed by atoms with Crippen molar-refractivity contribution in [3.8, 4) is 0 Å². The van der Waals surface area contributed by atoms with Crippen molar-refractivity contribution in [1.29, 1.82) is 0 Å². The van der Waals surface area contributed by atoms with Crippen LogP contribution < -0.4 is 10.6 Å². The number of aromatic nitrogens is 2. The smallest absolute Gasteiger partial charge is 0.131 e. The SMILES string of the molecule is CCNc1cc(NCC(O)(CC)CC)nc(C)n1. The molecule has 0 fully saturated rings. The zero-order chi connectivity index (χ0) is 13.6. The predicted octanol–water partition coefficient (Wildman–Crippen LogP) is 2.18. The van der Waals surface area contributed by atoms with Gasteiger partial charge in [0.25, 0.3) is 0 Å². The molecule has 1 aromatic rings. The van der Waals surface area contributed by atoms with E-state index < -0.39 is 5.60 Å². The van der Waals surface area contributed by atoms with Crippen molar-refractivity contribution in [1.82, 2.24) is 9.97 Å². The number of aliphatic hydroxyl groups is 1. The molecule has 0 aromatic carbocycles. The Labute approximate surface area is 109 Å². The molecule has 0 atom stereocenters. The van der Waals surface area contributed by atoms with Gasteiger partial charge in [-0.1, -0.05) is 13.8 Å². The number of hydrogen-bond acceptors (Lipinski definition) is 5. The van der Waals surface area contributed by atoms with Crippen LogP contribution in [0.2, 0.25) is 0 Å². The molecule has 102 valence electrons. The fourth-order valence-corrected chi connectivity index (χ4v) is 1.69. The van der Waals surface area contributed by atoms with Crippen LogP contribution in [-0.4, -0.2) is 33.8 Å². The van der Waals surface area contributed by atoms with E-state index in [2.05, 4.69) is 20.6 Å². The summed E-state index contributed by atoms with van der Waals surface area (Å²) in [4.78, 5) is 8.60. The number of rotatable bonds is 7. The maximum absolute atomic E-state index is 10.2. The molecule has 18 heavy (non-hydrogen) atoms. The monoisotopic (exact) mass is 252 g/mol. The summed E-state index contributed by atoms with van der Waals surface area (Å²) in [6, 6.07) is 1.86. The summed E-state index contributed by atoms with van der Waals surface area (Å²) < 4.78 is 0. The summed E-state index contributed by atoms with van der Waals surface area (Å²) in [5.74, 6) is 2.27. The Hall–Kier alpha value is -1.36. The van der Waals surface area contributed by atoms with Gasteiger partial charge in [-0.2, -0.15) is 0 Å². The molecule has 0 aliphatic carbocycles. The molecule has 0 saturated carbocycles. The van der Waals surface area contributed by atoms with Gasteiger partial charge in [0.1, 0.15) is 17.5 Å². The van der Waals surface area contributed by atoms with Crippen LogP contribution in [0.3, 0.4) is 0 Å². The lowest BCUT2D eigenvalue weighted by molar-refractivity contribution is 0.0456. The Morgan fingerprint density at radius 2 is 1.67 bits per heavy atom. The summed E-state index contributed by atoms with van der Waals surface area (Å²) in [5.41, 5.74) is -0.669. The molecule has 5 nitrogen and oxygen atoms in total. The first-order valence-electron chi connectivity index (χ1n) is 6.58. The van der Waals surface area contributed by atoms with Crippen molar-refractivity contribution < 1.29 is 5.11 Å². The van der Waals surface area contributed by atoms with Gasteiger partial charge in [-0.25, -0.2) is 9.97 Å². The zero-order valence-electron chi connectivity index (χ0n) is 11.7. The summed E-state index contributed by atoms with van der Waals surface area (Å²) in [7, 11) is 0. The number of hydrogen-bond donors (Lipinski definition) is 3. The average Bonchev–Trinajstić information content (AvgIpc) is 2.36. The van der Waals surface area contributed by atoms with Gasteiger partial charge in [-0.3, -0.25) is 0 Å². The molecule has 0 spiro atoms. The second-order valence-corrected chi connectivity index (χ2v) is 4.50. The van der Waals surface area contributed by atoms with Crippen molar-refractivity contribution in [3.05, 3.63) is 11.9 Å². The van der Waals surface area contributed by atoms with E-state index in [1.165, 1.54) is 0 Å². The van der Waals surface area contributed by atoms with E-state index in [9.17, 15) is 5.11 Å². The van der Waals surface area contributed by atoms with Gasteiger partial charge >= 0.3 is 0 Å². The van der Waals surface area contributed by atoms with E-state index in [0.717, 1.165) is 31.0 Å². The lowest BCUT2D eigenvalue weighted by atomic mass is 9.98. The van der Waals surface area contributed by atoms with Crippen molar-refractivity contribution in [2.45, 2.75) is 46.1 Å². The van der Waals surface area contributed by atoms with Gasteiger partial charge in [0.05, 0.1) is 5.60 Å². The molecule has 0 amide bonds. The fourth-order valence-electron chi connectivity index (χ4n) is 1.69. The van der Waals surface area contributed by atoms with Crippen LogP contribution >= 0.6 is 0 Å². The van der Waals surface area contributed by atoms with Crippen molar-refractivity contribution in [2.75, 3.05) is 23.7 Å². The van der Waals surface area contributed by atoms with Crippen LogP contribution in [0.4, 0.5) is 11.6 Å². The average molecular weight is 252 g/mol. The molecule has 0 bridgehead atoms. The minimum absolute atomic E-state index is 0.502. The van der Waals surface area contributed by atoms with Crippen molar-refractivity contribution >= 4 is 11.6 Å². The molecule has 5 heteroatoms. The molecule has 1 heterocycles. The maximum Gasteiger partial charge on any atom is 0.131 e. The van der Waals surface area contributed by atoms with E-state index in [1.807, 2.05) is 33.8 Å². The zero-order valence-corrected chi connectivity index (χ0v) is 11.7. The summed E-state index contributed by atoms with van der Waals surface area (Å²) >= 11 is 0. The first-order chi connectivity index (χ1) is 8.53. The third-order valence-corrected chi connectivity index (χ3v) is 3.11. The Kier molecular flexibility index (Phi) is 5.34. The fraction of sp³-hybridized carbons (Fsp3) is 0.692. The Balaban J connectivity index is 2.72. The molecule has 1 aromatic heterocycles. The minimum Gasteiger partial charge on any atom is -0.388 e. The van der Waals surface area contributed by atoms with Crippen LogP contribution in [0.5, 0.6) is 0 Å².